The van der Waals surface area contributed by atoms with Crippen LogP contribution in [0, 0.1) is 20.9 Å². The van der Waals surface area contributed by atoms with Gasteiger partial charge in [0, 0.05) is 0 Å². The van der Waals surface area contributed by atoms with E-state index in [2.05, 4.69) is 97.0 Å². The van der Waals surface area contributed by atoms with Crippen LogP contribution in [0.1, 0.15) is 75.8 Å². The van der Waals surface area contributed by atoms with Gasteiger partial charge in [-0.25, -0.2) is 0 Å². The van der Waals surface area contributed by atoms with Gasteiger partial charge in [0.2, 0.25) is 0 Å². The molecule has 0 saturated carbocycles. The van der Waals surface area contributed by atoms with Gasteiger partial charge >= 0.3 is 30.2 Å². The Labute approximate surface area is 226 Å². The van der Waals surface area contributed by atoms with E-state index in [-0.39, 0.29) is 50.5 Å². The van der Waals surface area contributed by atoms with Gasteiger partial charge in [0.25, 0.3) is 0 Å². The molecule has 0 heterocycles. The summed E-state index contributed by atoms with van der Waals surface area (Å²) in [5.41, 5.74) is 11.5. The second-order valence-corrected chi connectivity index (χ2v) is 9.82. The summed E-state index contributed by atoms with van der Waals surface area (Å²) in [7, 11) is 0. The van der Waals surface area contributed by atoms with Crippen LogP contribution in [0.3, 0.4) is 0 Å². The molecule has 2 radical (unpaired) electrons. The molecule has 0 bridgehead atoms. The Hall–Kier alpha value is -0.400. The van der Waals surface area contributed by atoms with Crippen molar-refractivity contribution in [2.24, 2.45) is 0 Å². The normalized spacial score (nSPS) is 13.0. The molecule has 0 spiro atoms. The van der Waals surface area contributed by atoms with Gasteiger partial charge < -0.3 is 14.9 Å². The van der Waals surface area contributed by atoms with Gasteiger partial charge in [-0.15, -0.1) is 47.1 Å². The maximum atomic E-state index is 3.85. The fraction of sp³-hybridized carbons (Fsp3) is 0.357. The summed E-state index contributed by atoms with van der Waals surface area (Å²) in [6.45, 7) is 16.8. The van der Waals surface area contributed by atoms with Gasteiger partial charge in [-0.1, -0.05) is 89.1 Å². The van der Waals surface area contributed by atoms with Gasteiger partial charge in [0.15, 0.2) is 0 Å². The van der Waals surface area contributed by atoms with Crippen molar-refractivity contribution in [1.82, 2.24) is 0 Å². The molecule has 0 atom stereocenters. The Morgan fingerprint density at radius 3 is 1.97 bits per heavy atom. The summed E-state index contributed by atoms with van der Waals surface area (Å²) < 4.78 is 0. The average molecular weight is 564 g/mol. The average Bonchev–Trinajstić information content (AvgIpc) is 3.27. The van der Waals surface area contributed by atoms with Gasteiger partial charge in [-0.2, -0.15) is 12.1 Å². The fourth-order valence-electron chi connectivity index (χ4n) is 4.12. The SMILES string of the molecule is CC(C)(C)c1ccc2c(c1)Cc1[c-]c(C(C)(C)C)c(C3=CC=CC3)cc1-2.Cl.Cl.[CH3-].[CH3-].[Si]=[Zr]. The second-order valence-electron chi connectivity index (χ2n) is 9.82. The van der Waals surface area contributed by atoms with Crippen LogP contribution in [-0.2, 0) is 40.6 Å². The zero-order valence-electron chi connectivity index (χ0n) is 20.8. The molecule has 0 nitrogen and oxygen atoms in total. The third kappa shape index (κ3) is 6.82. The van der Waals surface area contributed by atoms with Crippen LogP contribution < -0.4 is 0 Å². The van der Waals surface area contributed by atoms with E-state index in [0.717, 1.165) is 12.8 Å². The van der Waals surface area contributed by atoms with Gasteiger partial charge in [-0.3, -0.25) is 0 Å². The monoisotopic (exact) mass is 561 g/mol. The Kier molecular flexibility index (Phi) is 13.6. The summed E-state index contributed by atoms with van der Waals surface area (Å²) in [6.07, 6.45) is 8.74. The minimum absolute atomic E-state index is 0. The zero-order valence-corrected chi connectivity index (χ0v) is 25.9. The van der Waals surface area contributed by atoms with Gasteiger partial charge in [0.1, 0.15) is 0 Å². The Morgan fingerprint density at radius 2 is 1.47 bits per heavy atom. The standard InChI is InChI=1S/C26H29.2CH3.2ClH.Si.Zr/c1-25(2,3)20-11-12-21-18(14-20)13-19-15-24(26(4,5)6)23(16-22(19)21)17-9-7-8-10-17;;;;;;/h7-9,11-12,14,16H,10,13H2,1-6H3;2*1H3;2*1H;;/q3*-1;;;;. The van der Waals surface area contributed by atoms with Crippen LogP contribution in [0.25, 0.3) is 16.7 Å². The molecule has 0 fully saturated rings. The maximum absolute atomic E-state index is 3.85. The molecule has 0 saturated heterocycles. The van der Waals surface area contributed by atoms with Gasteiger partial charge in [0.05, 0.1) is 0 Å². The van der Waals surface area contributed by atoms with Crippen LogP contribution in [0.2, 0.25) is 0 Å². The molecule has 2 aliphatic rings. The van der Waals surface area contributed by atoms with Crippen molar-refractivity contribution in [3.8, 4) is 11.1 Å². The molecule has 0 amide bonds. The number of hydrogen-bond acceptors (Lipinski definition) is 0. The molecular formula is C28H37Cl2SiZr-3. The minimum atomic E-state index is 0. The van der Waals surface area contributed by atoms with Crippen LogP contribution in [0.15, 0.2) is 42.5 Å². The van der Waals surface area contributed by atoms with Gasteiger partial charge in [-0.05, 0) is 34.8 Å². The van der Waals surface area contributed by atoms with E-state index >= 15 is 0 Å². The summed E-state index contributed by atoms with van der Waals surface area (Å²) >= 11 is 1.36. The Balaban J connectivity index is 0. The predicted octanol–water partition coefficient (Wildman–Crippen LogP) is 8.36. The van der Waals surface area contributed by atoms with Crippen LogP contribution in [0.4, 0.5) is 0 Å². The van der Waals surface area contributed by atoms with E-state index in [0.29, 0.717) is 0 Å². The molecular weight excluding hydrogens is 527 g/mol. The number of hydrogen-bond donors (Lipinski definition) is 0. The van der Waals surface area contributed by atoms with E-state index in [4.69, 9.17) is 0 Å². The number of benzene rings is 2. The molecule has 2 aliphatic carbocycles. The number of halogens is 2. The molecule has 4 rings (SSSR count). The molecule has 174 valence electrons. The van der Waals surface area contributed by atoms with Crippen molar-refractivity contribution in [2.75, 3.05) is 0 Å². The summed E-state index contributed by atoms with van der Waals surface area (Å²) in [4.78, 5) is 0. The first-order valence-electron chi connectivity index (χ1n) is 9.99. The third-order valence-electron chi connectivity index (χ3n) is 5.65. The van der Waals surface area contributed by atoms with Crippen LogP contribution in [0.5, 0.6) is 0 Å². The Bertz CT molecular complexity index is 976. The Morgan fingerprint density at radius 1 is 0.844 bits per heavy atom. The third-order valence-corrected chi connectivity index (χ3v) is 5.65. The number of allylic oxidation sites excluding steroid dienone is 4. The van der Waals surface area contributed by atoms with E-state index in [1.165, 1.54) is 67.9 Å². The molecule has 0 unspecified atom stereocenters. The van der Waals surface area contributed by atoms with Crippen molar-refractivity contribution >= 4 is 37.3 Å². The van der Waals surface area contributed by atoms with Crippen LogP contribution in [-0.4, -0.2) is 6.88 Å². The first-order chi connectivity index (χ1) is 13.1. The fourth-order valence-corrected chi connectivity index (χ4v) is 4.12. The van der Waals surface area contributed by atoms with Crippen molar-refractivity contribution in [1.29, 1.82) is 0 Å². The summed E-state index contributed by atoms with van der Waals surface area (Å²) in [5, 5.41) is 0. The quantitative estimate of drug-likeness (QED) is 0.206. The van der Waals surface area contributed by atoms with E-state index in [1.54, 1.807) is 0 Å². The van der Waals surface area contributed by atoms with E-state index in [1.807, 2.05) is 0 Å². The molecule has 0 aliphatic heterocycles. The van der Waals surface area contributed by atoms with Crippen molar-refractivity contribution < 1.29 is 23.3 Å². The summed E-state index contributed by atoms with van der Waals surface area (Å²) in [6, 6.07) is 13.3. The van der Waals surface area contributed by atoms with E-state index < -0.39 is 0 Å². The molecule has 4 heteroatoms. The first kappa shape index (κ1) is 33.8. The van der Waals surface area contributed by atoms with Crippen molar-refractivity contribution in [2.45, 2.75) is 65.2 Å². The molecule has 0 N–H and O–H groups in total. The van der Waals surface area contributed by atoms with Crippen molar-refractivity contribution in [3.05, 3.63) is 91.2 Å². The van der Waals surface area contributed by atoms with Crippen molar-refractivity contribution in [3.63, 3.8) is 0 Å². The molecule has 2 aromatic rings. The second kappa shape index (κ2) is 12.9. The summed E-state index contributed by atoms with van der Waals surface area (Å²) in [5.74, 6) is 0. The number of rotatable bonds is 1. The van der Waals surface area contributed by atoms with Crippen LogP contribution >= 0.6 is 24.8 Å². The molecule has 0 aromatic heterocycles. The molecule has 2 aromatic carbocycles. The topological polar surface area (TPSA) is 0 Å². The van der Waals surface area contributed by atoms with E-state index in [9.17, 15) is 0 Å². The zero-order chi connectivity index (χ0) is 20.7. The number of fused-ring (bicyclic) bond motifs is 3. The first-order valence-corrected chi connectivity index (χ1v) is 14.2. The predicted molar refractivity (Wildman–Crippen MR) is 146 cm³/mol. The molecule has 32 heavy (non-hydrogen) atoms.